The van der Waals surface area contributed by atoms with Crippen molar-refractivity contribution in [2.45, 2.75) is 18.5 Å². The molecular weight excluding hydrogens is 156 g/mol. The molecule has 2 unspecified atom stereocenters. The van der Waals surface area contributed by atoms with E-state index in [9.17, 15) is 4.79 Å². The molecule has 2 aliphatic rings. The van der Waals surface area contributed by atoms with Crippen LogP contribution in [0, 0.1) is 0 Å². The minimum Gasteiger partial charge on any atom is -0.387 e. The number of hydrogen-bond donors (Lipinski definition) is 1. The zero-order valence-electron chi connectivity index (χ0n) is 7.23. The van der Waals surface area contributed by atoms with E-state index in [0.29, 0.717) is 12.1 Å². The fourth-order valence-electron chi connectivity index (χ4n) is 2.26. The maximum absolute atomic E-state index is 11.2. The highest BCUT2D eigenvalue weighted by molar-refractivity contribution is 5.78. The minimum absolute atomic E-state index is 0.115. The van der Waals surface area contributed by atoms with Gasteiger partial charge >= 0.3 is 0 Å². The summed E-state index contributed by atoms with van der Waals surface area (Å²) in [7, 11) is 2.09. The number of aliphatic hydroxyl groups is 1. The monoisotopic (exact) mass is 170 g/mol. The lowest BCUT2D eigenvalue weighted by Gasteiger charge is -2.31. The lowest BCUT2D eigenvalue weighted by molar-refractivity contribution is -0.136. The Morgan fingerprint density at radius 1 is 1.50 bits per heavy atom. The van der Waals surface area contributed by atoms with Gasteiger partial charge in [0.05, 0.1) is 0 Å². The molecule has 2 bridgehead atoms. The maximum atomic E-state index is 11.2. The van der Waals surface area contributed by atoms with Gasteiger partial charge in [-0.25, -0.2) is 0 Å². The molecule has 0 aromatic carbocycles. The van der Waals surface area contributed by atoms with Gasteiger partial charge in [-0.15, -0.1) is 0 Å². The van der Waals surface area contributed by atoms with Crippen molar-refractivity contribution in [2.24, 2.45) is 0 Å². The number of nitrogens with zero attached hydrogens (tertiary/aromatic N) is 2. The van der Waals surface area contributed by atoms with E-state index in [1.54, 1.807) is 0 Å². The van der Waals surface area contributed by atoms with Crippen LogP contribution in [0.15, 0.2) is 0 Å². The van der Waals surface area contributed by atoms with Crippen LogP contribution in [0.5, 0.6) is 0 Å². The SMILES string of the molecule is CN1CC2CC1CN2C(=O)CO. The molecule has 0 saturated carbocycles. The molecule has 2 heterocycles. The summed E-state index contributed by atoms with van der Waals surface area (Å²) in [6.07, 6.45) is 1.09. The minimum atomic E-state index is -0.340. The van der Waals surface area contributed by atoms with Gasteiger partial charge in [0.15, 0.2) is 0 Å². The first-order chi connectivity index (χ1) is 5.72. The van der Waals surface area contributed by atoms with E-state index >= 15 is 0 Å². The third-order valence-electron chi connectivity index (χ3n) is 2.97. The summed E-state index contributed by atoms with van der Waals surface area (Å²) >= 11 is 0. The van der Waals surface area contributed by atoms with Crippen molar-refractivity contribution in [2.75, 3.05) is 26.7 Å². The Kier molecular flexibility index (Phi) is 1.81. The van der Waals surface area contributed by atoms with E-state index in [1.807, 2.05) is 4.90 Å². The topological polar surface area (TPSA) is 43.8 Å². The van der Waals surface area contributed by atoms with E-state index in [1.165, 1.54) is 0 Å². The first-order valence-corrected chi connectivity index (χ1v) is 4.33. The highest BCUT2D eigenvalue weighted by atomic mass is 16.3. The number of aliphatic hydroxyl groups excluding tert-OH is 1. The van der Waals surface area contributed by atoms with Gasteiger partial charge in [0.1, 0.15) is 6.61 Å². The van der Waals surface area contributed by atoms with Crippen molar-refractivity contribution in [3.8, 4) is 0 Å². The molecule has 2 atom stereocenters. The van der Waals surface area contributed by atoms with Crippen LogP contribution in [0.4, 0.5) is 0 Å². The molecule has 0 spiro atoms. The van der Waals surface area contributed by atoms with E-state index < -0.39 is 0 Å². The summed E-state index contributed by atoms with van der Waals surface area (Å²) in [6, 6.07) is 0.894. The second kappa shape index (κ2) is 2.71. The molecule has 1 amide bonds. The third-order valence-corrected chi connectivity index (χ3v) is 2.97. The number of piperazine rings is 1. The van der Waals surface area contributed by atoms with Crippen LogP contribution >= 0.6 is 0 Å². The van der Waals surface area contributed by atoms with E-state index in [-0.39, 0.29) is 12.5 Å². The Bertz CT molecular complexity index is 205. The summed E-state index contributed by atoms with van der Waals surface area (Å²) in [5.74, 6) is -0.115. The summed E-state index contributed by atoms with van der Waals surface area (Å²) in [5, 5.41) is 8.68. The molecule has 1 N–H and O–H groups in total. The fourth-order valence-corrected chi connectivity index (χ4v) is 2.26. The van der Waals surface area contributed by atoms with Crippen LogP contribution in [-0.4, -0.2) is 59.6 Å². The molecule has 0 aromatic rings. The van der Waals surface area contributed by atoms with E-state index in [2.05, 4.69) is 11.9 Å². The Morgan fingerprint density at radius 3 is 2.67 bits per heavy atom. The Hall–Kier alpha value is -0.610. The molecule has 2 rings (SSSR count). The smallest absolute Gasteiger partial charge is 0.248 e. The number of likely N-dealkylation sites (tertiary alicyclic amines) is 2. The molecule has 68 valence electrons. The molecule has 4 heteroatoms. The number of likely N-dealkylation sites (N-methyl/N-ethyl adjacent to an activating group) is 1. The van der Waals surface area contributed by atoms with Crippen molar-refractivity contribution in [3.05, 3.63) is 0 Å². The molecule has 0 radical (unpaired) electrons. The lowest BCUT2D eigenvalue weighted by Crippen LogP contribution is -2.48. The summed E-state index contributed by atoms with van der Waals surface area (Å²) < 4.78 is 0. The van der Waals surface area contributed by atoms with Crippen molar-refractivity contribution >= 4 is 5.91 Å². The van der Waals surface area contributed by atoms with Gasteiger partial charge in [-0.2, -0.15) is 0 Å². The average Bonchev–Trinajstić information content (AvgIpc) is 2.60. The van der Waals surface area contributed by atoms with Crippen molar-refractivity contribution in [1.82, 2.24) is 9.80 Å². The molecule has 0 aliphatic carbocycles. The second-order valence-electron chi connectivity index (χ2n) is 3.69. The number of amides is 1. The zero-order valence-corrected chi connectivity index (χ0v) is 7.23. The van der Waals surface area contributed by atoms with Crippen LogP contribution < -0.4 is 0 Å². The van der Waals surface area contributed by atoms with Gasteiger partial charge in [0.2, 0.25) is 5.91 Å². The summed E-state index contributed by atoms with van der Waals surface area (Å²) in [4.78, 5) is 15.3. The molecule has 2 saturated heterocycles. The zero-order chi connectivity index (χ0) is 8.72. The molecular formula is C8H14N2O2. The van der Waals surface area contributed by atoms with E-state index in [4.69, 9.17) is 5.11 Å². The highest BCUT2D eigenvalue weighted by Gasteiger charge is 2.43. The standard InChI is InChI=1S/C8H14N2O2/c1-9-3-7-2-6(9)4-10(7)8(12)5-11/h6-7,11H,2-5H2,1H3. The predicted molar refractivity (Wildman–Crippen MR) is 43.6 cm³/mol. The average molecular weight is 170 g/mol. The first kappa shape index (κ1) is 8.01. The van der Waals surface area contributed by atoms with Gasteiger partial charge in [-0.1, -0.05) is 0 Å². The summed E-state index contributed by atoms with van der Waals surface area (Å²) in [6.45, 7) is 1.43. The van der Waals surface area contributed by atoms with Crippen LogP contribution in [-0.2, 0) is 4.79 Å². The van der Waals surface area contributed by atoms with Gasteiger partial charge in [0.25, 0.3) is 0 Å². The van der Waals surface area contributed by atoms with Crippen molar-refractivity contribution in [3.63, 3.8) is 0 Å². The quantitative estimate of drug-likeness (QED) is 0.543. The van der Waals surface area contributed by atoms with Crippen LogP contribution in [0.1, 0.15) is 6.42 Å². The highest BCUT2D eigenvalue weighted by Crippen LogP contribution is 2.28. The van der Waals surface area contributed by atoms with Crippen molar-refractivity contribution in [1.29, 1.82) is 0 Å². The van der Waals surface area contributed by atoms with Gasteiger partial charge < -0.3 is 10.0 Å². The molecule has 2 aliphatic heterocycles. The summed E-state index contributed by atoms with van der Waals surface area (Å²) in [5.41, 5.74) is 0. The van der Waals surface area contributed by atoms with E-state index in [0.717, 1.165) is 19.5 Å². The van der Waals surface area contributed by atoms with Crippen LogP contribution in [0.25, 0.3) is 0 Å². The number of rotatable bonds is 1. The first-order valence-electron chi connectivity index (χ1n) is 4.33. The Labute approximate surface area is 71.8 Å². The fraction of sp³-hybridized carbons (Fsp3) is 0.875. The maximum Gasteiger partial charge on any atom is 0.248 e. The number of carbonyl (C=O) groups is 1. The lowest BCUT2D eigenvalue weighted by atomic mass is 10.2. The van der Waals surface area contributed by atoms with Crippen LogP contribution in [0.3, 0.4) is 0 Å². The largest absolute Gasteiger partial charge is 0.387 e. The molecule has 4 nitrogen and oxygen atoms in total. The van der Waals surface area contributed by atoms with Gasteiger partial charge in [-0.3, -0.25) is 9.69 Å². The third kappa shape index (κ3) is 1.03. The number of fused-ring (bicyclic) bond motifs is 2. The molecule has 2 fully saturated rings. The molecule has 0 aromatic heterocycles. The Balaban J connectivity index is 2.02. The van der Waals surface area contributed by atoms with Crippen molar-refractivity contribution < 1.29 is 9.90 Å². The normalized spacial score (nSPS) is 34.7. The van der Waals surface area contributed by atoms with Crippen LogP contribution in [0.2, 0.25) is 0 Å². The second-order valence-corrected chi connectivity index (χ2v) is 3.69. The Morgan fingerprint density at radius 2 is 2.25 bits per heavy atom. The number of hydrogen-bond acceptors (Lipinski definition) is 3. The van der Waals surface area contributed by atoms with Gasteiger partial charge in [0, 0.05) is 25.2 Å². The predicted octanol–water partition coefficient (Wildman–Crippen LogP) is -1.11. The molecule has 12 heavy (non-hydrogen) atoms. The van der Waals surface area contributed by atoms with Gasteiger partial charge in [-0.05, 0) is 13.5 Å². The number of carbonyl (C=O) groups excluding carboxylic acids is 1.